The van der Waals surface area contributed by atoms with Gasteiger partial charge in [0.25, 0.3) is 5.56 Å². The zero-order valence-corrected chi connectivity index (χ0v) is 18.2. The van der Waals surface area contributed by atoms with Crippen LogP contribution in [0.3, 0.4) is 0 Å². The second kappa shape index (κ2) is 7.59. The first-order valence-electron chi connectivity index (χ1n) is 9.28. The number of hydrogen-bond acceptors (Lipinski definition) is 6. The van der Waals surface area contributed by atoms with Gasteiger partial charge in [0.1, 0.15) is 17.2 Å². The fraction of sp³-hybridized carbons (Fsp3) is 0.136. The molecule has 0 aliphatic heterocycles. The summed E-state index contributed by atoms with van der Waals surface area (Å²) in [5, 5.41) is 11.4. The molecule has 4 aromatic rings. The van der Waals surface area contributed by atoms with Gasteiger partial charge in [-0.05, 0) is 23.8 Å². The molecule has 2 heterocycles. The average molecular weight is 484 g/mol. The maximum atomic E-state index is 13.2. The highest BCUT2D eigenvalue weighted by Gasteiger charge is 2.32. The molecule has 0 radical (unpaired) electrons. The van der Waals surface area contributed by atoms with Crippen molar-refractivity contribution in [3.63, 3.8) is 0 Å². The normalized spacial score (nSPS) is 12.2. The predicted octanol–water partition coefficient (Wildman–Crippen LogP) is 2.42. The van der Waals surface area contributed by atoms with Gasteiger partial charge in [0.05, 0.1) is 22.4 Å². The Hall–Kier alpha value is -3.59. The number of hydrogen-bond donors (Lipinski definition) is 2. The van der Waals surface area contributed by atoms with Gasteiger partial charge in [-0.2, -0.15) is 0 Å². The lowest BCUT2D eigenvalue weighted by Gasteiger charge is -2.22. The molecule has 8 nitrogen and oxygen atoms in total. The highest BCUT2D eigenvalue weighted by molar-refractivity contribution is 9.10. The fourth-order valence-electron chi connectivity index (χ4n) is 3.72. The van der Waals surface area contributed by atoms with Crippen molar-refractivity contribution in [2.75, 3.05) is 5.73 Å². The van der Waals surface area contributed by atoms with Gasteiger partial charge in [0, 0.05) is 18.6 Å². The zero-order chi connectivity index (χ0) is 22.4. The minimum absolute atomic E-state index is 0.0191. The highest BCUT2D eigenvalue weighted by atomic mass is 79.9. The lowest BCUT2D eigenvalue weighted by Crippen LogP contribution is -2.41. The standard InChI is InChI=1S/C22H18BrN3O5/c1-25-19(24)17(20(28)26(2)22(25)30)15(11-7-3-5-9-13(11)23)16-18(27)12-8-4-6-10-14(12)31-21(16)29/h3-10,15,27H,24H2,1-2H3. The number of aromatic nitrogens is 2. The van der Waals surface area contributed by atoms with Gasteiger partial charge < -0.3 is 15.3 Å². The molecule has 9 heteroatoms. The minimum atomic E-state index is -1.10. The summed E-state index contributed by atoms with van der Waals surface area (Å²) in [7, 11) is 2.76. The average Bonchev–Trinajstić information content (AvgIpc) is 2.76. The first-order valence-corrected chi connectivity index (χ1v) is 10.1. The summed E-state index contributed by atoms with van der Waals surface area (Å²) in [6.07, 6.45) is 0. The molecule has 2 aromatic heterocycles. The molecule has 0 aliphatic rings. The Bertz CT molecular complexity index is 1520. The molecule has 158 valence electrons. The van der Waals surface area contributed by atoms with E-state index in [-0.39, 0.29) is 28.3 Å². The van der Waals surface area contributed by atoms with Gasteiger partial charge >= 0.3 is 11.3 Å². The third-order valence-corrected chi connectivity index (χ3v) is 6.08. The third-order valence-electron chi connectivity index (χ3n) is 5.36. The summed E-state index contributed by atoms with van der Waals surface area (Å²) in [4.78, 5) is 38.6. The number of nitrogen functional groups attached to an aromatic ring is 1. The number of fused-ring (bicyclic) bond motifs is 1. The number of rotatable bonds is 3. The summed E-state index contributed by atoms with van der Waals surface area (Å²) in [6.45, 7) is 0. The van der Waals surface area contributed by atoms with Crippen LogP contribution in [-0.4, -0.2) is 14.2 Å². The van der Waals surface area contributed by atoms with Crippen molar-refractivity contribution >= 4 is 32.7 Å². The van der Waals surface area contributed by atoms with E-state index < -0.39 is 22.8 Å². The Kier molecular flexibility index (Phi) is 5.06. The van der Waals surface area contributed by atoms with Crippen molar-refractivity contribution in [3.8, 4) is 5.75 Å². The van der Waals surface area contributed by atoms with Crippen molar-refractivity contribution in [2.45, 2.75) is 5.92 Å². The van der Waals surface area contributed by atoms with Crippen molar-refractivity contribution in [3.05, 3.63) is 101 Å². The fourth-order valence-corrected chi connectivity index (χ4v) is 4.24. The van der Waals surface area contributed by atoms with E-state index >= 15 is 0 Å². The van der Waals surface area contributed by atoms with E-state index in [0.717, 1.165) is 9.13 Å². The van der Waals surface area contributed by atoms with Crippen LogP contribution < -0.4 is 22.6 Å². The molecular weight excluding hydrogens is 466 g/mol. The van der Waals surface area contributed by atoms with E-state index in [1.807, 2.05) is 0 Å². The van der Waals surface area contributed by atoms with Crippen LogP contribution in [0.5, 0.6) is 5.75 Å². The number of aromatic hydroxyl groups is 1. The number of benzene rings is 2. The predicted molar refractivity (Wildman–Crippen MR) is 121 cm³/mol. The van der Waals surface area contributed by atoms with Crippen LogP contribution in [-0.2, 0) is 14.1 Å². The molecule has 0 bridgehead atoms. The first kappa shape index (κ1) is 20.7. The van der Waals surface area contributed by atoms with E-state index in [4.69, 9.17) is 10.2 Å². The summed E-state index contributed by atoms with van der Waals surface area (Å²) in [6, 6.07) is 13.5. The number of para-hydroxylation sites is 1. The van der Waals surface area contributed by atoms with Gasteiger partial charge in [0.15, 0.2) is 0 Å². The van der Waals surface area contributed by atoms with Gasteiger partial charge in [-0.1, -0.05) is 46.3 Å². The second-order valence-corrected chi connectivity index (χ2v) is 7.96. The van der Waals surface area contributed by atoms with Crippen LogP contribution in [0.15, 0.2) is 71.8 Å². The molecule has 4 rings (SSSR count). The molecular formula is C22H18BrN3O5. The topological polar surface area (TPSA) is 120 Å². The maximum Gasteiger partial charge on any atom is 0.344 e. The summed E-state index contributed by atoms with van der Waals surface area (Å²) >= 11 is 3.46. The van der Waals surface area contributed by atoms with Gasteiger partial charge in [0.2, 0.25) is 0 Å². The molecule has 31 heavy (non-hydrogen) atoms. The first-order chi connectivity index (χ1) is 14.7. The van der Waals surface area contributed by atoms with E-state index in [1.165, 1.54) is 14.1 Å². The van der Waals surface area contributed by atoms with E-state index in [9.17, 15) is 19.5 Å². The van der Waals surface area contributed by atoms with Crippen LogP contribution >= 0.6 is 15.9 Å². The van der Waals surface area contributed by atoms with Crippen molar-refractivity contribution in [2.24, 2.45) is 14.1 Å². The van der Waals surface area contributed by atoms with Crippen LogP contribution in [0.2, 0.25) is 0 Å². The number of halogens is 1. The molecule has 0 saturated carbocycles. The molecule has 0 amide bonds. The van der Waals surface area contributed by atoms with Crippen LogP contribution in [0.4, 0.5) is 5.82 Å². The lowest BCUT2D eigenvalue weighted by molar-refractivity contribution is 0.454. The summed E-state index contributed by atoms with van der Waals surface area (Å²) in [5.74, 6) is -1.52. The smallest absolute Gasteiger partial charge is 0.344 e. The van der Waals surface area contributed by atoms with Crippen molar-refractivity contribution < 1.29 is 9.52 Å². The van der Waals surface area contributed by atoms with Gasteiger partial charge in [-0.15, -0.1) is 0 Å². The largest absolute Gasteiger partial charge is 0.507 e. The molecule has 0 saturated heterocycles. The van der Waals surface area contributed by atoms with Crippen molar-refractivity contribution in [1.82, 2.24) is 9.13 Å². The lowest BCUT2D eigenvalue weighted by atomic mass is 9.85. The second-order valence-electron chi connectivity index (χ2n) is 7.11. The Balaban J connectivity index is 2.21. The summed E-state index contributed by atoms with van der Waals surface area (Å²) in [5.41, 5.74) is 4.67. The van der Waals surface area contributed by atoms with Crippen LogP contribution in [0.1, 0.15) is 22.6 Å². The monoisotopic (exact) mass is 483 g/mol. The Labute approximate surface area is 183 Å². The van der Waals surface area contributed by atoms with Crippen molar-refractivity contribution in [1.29, 1.82) is 0 Å². The van der Waals surface area contributed by atoms with Gasteiger partial charge in [-0.3, -0.25) is 13.9 Å². The molecule has 1 atom stereocenters. The van der Waals surface area contributed by atoms with E-state index in [0.29, 0.717) is 15.4 Å². The molecule has 2 aromatic carbocycles. The number of nitrogens with two attached hydrogens (primary N) is 1. The Morgan fingerprint density at radius 3 is 2.32 bits per heavy atom. The third kappa shape index (κ3) is 3.17. The van der Waals surface area contributed by atoms with Gasteiger partial charge in [-0.25, -0.2) is 9.59 Å². The number of nitrogens with zero attached hydrogens (tertiary/aromatic N) is 2. The van der Waals surface area contributed by atoms with E-state index in [1.54, 1.807) is 48.5 Å². The molecule has 1 unspecified atom stereocenters. The van der Waals surface area contributed by atoms with Crippen LogP contribution in [0, 0.1) is 0 Å². The van der Waals surface area contributed by atoms with E-state index in [2.05, 4.69) is 15.9 Å². The Morgan fingerprint density at radius 2 is 1.61 bits per heavy atom. The number of anilines is 1. The Morgan fingerprint density at radius 1 is 0.968 bits per heavy atom. The molecule has 0 fully saturated rings. The summed E-state index contributed by atoms with van der Waals surface area (Å²) < 4.78 is 8.08. The molecule has 0 spiro atoms. The quantitative estimate of drug-likeness (QED) is 0.431. The zero-order valence-electron chi connectivity index (χ0n) is 16.6. The molecule has 0 aliphatic carbocycles. The van der Waals surface area contributed by atoms with Crippen LogP contribution in [0.25, 0.3) is 11.0 Å². The minimum Gasteiger partial charge on any atom is -0.507 e. The SMILES string of the molecule is Cn1c(N)c(C(c2ccccc2Br)c2c(O)c3ccccc3oc2=O)c(=O)n(C)c1=O. The highest BCUT2D eigenvalue weighted by Crippen LogP contribution is 2.40. The molecule has 3 N–H and O–H groups in total. The maximum absolute atomic E-state index is 13.2.